The third kappa shape index (κ3) is 3.07. The van der Waals surface area contributed by atoms with Crippen molar-refractivity contribution >= 4 is 17.3 Å². The molecule has 0 aliphatic heterocycles. The summed E-state index contributed by atoms with van der Waals surface area (Å²) in [4.78, 5) is 3.68. The van der Waals surface area contributed by atoms with E-state index in [-0.39, 0.29) is 6.61 Å². The van der Waals surface area contributed by atoms with Crippen LogP contribution in [0.2, 0.25) is 5.02 Å². The van der Waals surface area contributed by atoms with Gasteiger partial charge in [0.25, 0.3) is 0 Å². The van der Waals surface area contributed by atoms with Crippen LogP contribution in [0.5, 0.6) is 5.75 Å². The van der Waals surface area contributed by atoms with Gasteiger partial charge in [0.05, 0.1) is 16.4 Å². The van der Waals surface area contributed by atoms with Crippen LogP contribution in [-0.4, -0.2) is 4.98 Å². The first-order chi connectivity index (χ1) is 8.15. The highest BCUT2D eigenvalue weighted by atomic mass is 35.5. The summed E-state index contributed by atoms with van der Waals surface area (Å²) in [6, 6.07) is 9.50. The van der Waals surface area contributed by atoms with E-state index in [0.717, 1.165) is 0 Å². The summed E-state index contributed by atoms with van der Waals surface area (Å²) in [6.45, 7) is 0.179. The van der Waals surface area contributed by atoms with Gasteiger partial charge in [0.2, 0.25) is 5.95 Å². The Labute approximate surface area is 103 Å². The van der Waals surface area contributed by atoms with Crippen molar-refractivity contribution in [3.05, 3.63) is 53.1 Å². The predicted molar refractivity (Wildman–Crippen MR) is 64.4 cm³/mol. The standard InChI is InChI=1S/C12H10ClFN2O/c13-10-6-9(4-5-11(10)15)17-7-8-2-1-3-12(14)16-8/h1-6H,7,15H2. The lowest BCUT2D eigenvalue weighted by Gasteiger charge is -2.07. The number of hydrogen-bond acceptors (Lipinski definition) is 3. The average Bonchev–Trinajstić information content (AvgIpc) is 2.31. The molecule has 88 valence electrons. The quantitative estimate of drug-likeness (QED) is 0.675. The van der Waals surface area contributed by atoms with E-state index in [0.29, 0.717) is 22.2 Å². The molecule has 0 amide bonds. The lowest BCUT2D eigenvalue weighted by molar-refractivity contribution is 0.299. The van der Waals surface area contributed by atoms with Crippen LogP contribution in [0.1, 0.15) is 5.69 Å². The van der Waals surface area contributed by atoms with E-state index >= 15 is 0 Å². The van der Waals surface area contributed by atoms with Crippen molar-refractivity contribution in [1.82, 2.24) is 4.98 Å². The molecule has 1 heterocycles. The molecule has 1 aromatic carbocycles. The molecule has 0 aliphatic carbocycles. The van der Waals surface area contributed by atoms with Crippen LogP contribution in [0.4, 0.5) is 10.1 Å². The zero-order valence-electron chi connectivity index (χ0n) is 8.86. The van der Waals surface area contributed by atoms with E-state index in [4.69, 9.17) is 22.1 Å². The number of aromatic nitrogens is 1. The fourth-order valence-corrected chi connectivity index (χ4v) is 1.46. The second kappa shape index (κ2) is 5.01. The molecule has 0 radical (unpaired) electrons. The van der Waals surface area contributed by atoms with Crippen molar-refractivity contribution in [2.24, 2.45) is 0 Å². The van der Waals surface area contributed by atoms with Crippen LogP contribution in [0.15, 0.2) is 36.4 Å². The van der Waals surface area contributed by atoms with Crippen molar-refractivity contribution in [2.75, 3.05) is 5.73 Å². The van der Waals surface area contributed by atoms with E-state index in [1.165, 1.54) is 6.07 Å². The van der Waals surface area contributed by atoms with Crippen molar-refractivity contribution in [2.45, 2.75) is 6.61 Å². The zero-order chi connectivity index (χ0) is 12.3. The number of nitrogen functional groups attached to an aromatic ring is 1. The Morgan fingerprint density at radius 3 is 2.82 bits per heavy atom. The van der Waals surface area contributed by atoms with Crippen LogP contribution in [0.25, 0.3) is 0 Å². The number of benzene rings is 1. The van der Waals surface area contributed by atoms with Gasteiger partial charge in [-0.3, -0.25) is 0 Å². The summed E-state index contributed by atoms with van der Waals surface area (Å²) in [6.07, 6.45) is 0. The van der Waals surface area contributed by atoms with E-state index in [9.17, 15) is 4.39 Å². The Balaban J connectivity index is 2.05. The Kier molecular flexibility index (Phi) is 3.44. The molecule has 5 heteroatoms. The minimum Gasteiger partial charge on any atom is -0.487 e. The summed E-state index contributed by atoms with van der Waals surface area (Å²) < 4.78 is 18.2. The van der Waals surface area contributed by atoms with Gasteiger partial charge in [-0.05, 0) is 24.3 Å². The number of halogens is 2. The van der Waals surface area contributed by atoms with Gasteiger partial charge in [0.1, 0.15) is 12.4 Å². The van der Waals surface area contributed by atoms with Gasteiger partial charge in [-0.25, -0.2) is 4.98 Å². The van der Waals surface area contributed by atoms with Crippen LogP contribution >= 0.6 is 11.6 Å². The van der Waals surface area contributed by atoms with E-state index in [1.54, 1.807) is 30.3 Å². The fourth-order valence-electron chi connectivity index (χ4n) is 1.29. The molecule has 3 nitrogen and oxygen atoms in total. The summed E-state index contributed by atoms with van der Waals surface area (Å²) >= 11 is 5.84. The molecule has 0 saturated carbocycles. The molecule has 2 N–H and O–H groups in total. The molecule has 0 spiro atoms. The molecular formula is C12H10ClFN2O. The molecule has 0 bridgehead atoms. The summed E-state index contributed by atoms with van der Waals surface area (Å²) in [5, 5.41) is 0.426. The molecule has 17 heavy (non-hydrogen) atoms. The Morgan fingerprint density at radius 2 is 2.12 bits per heavy atom. The first-order valence-electron chi connectivity index (χ1n) is 4.94. The molecule has 2 rings (SSSR count). The number of nitrogens with zero attached hydrogens (tertiary/aromatic N) is 1. The highest BCUT2D eigenvalue weighted by Crippen LogP contribution is 2.24. The lowest BCUT2D eigenvalue weighted by atomic mass is 10.3. The third-order valence-electron chi connectivity index (χ3n) is 2.13. The topological polar surface area (TPSA) is 48.1 Å². The highest BCUT2D eigenvalue weighted by Gasteiger charge is 2.01. The number of nitrogens with two attached hydrogens (primary N) is 1. The monoisotopic (exact) mass is 252 g/mol. The smallest absolute Gasteiger partial charge is 0.213 e. The highest BCUT2D eigenvalue weighted by molar-refractivity contribution is 6.33. The van der Waals surface area contributed by atoms with Gasteiger partial charge in [0.15, 0.2) is 0 Å². The van der Waals surface area contributed by atoms with Gasteiger partial charge in [-0.1, -0.05) is 17.7 Å². The molecule has 0 unspecified atom stereocenters. The lowest BCUT2D eigenvalue weighted by Crippen LogP contribution is -1.99. The van der Waals surface area contributed by atoms with Gasteiger partial charge < -0.3 is 10.5 Å². The van der Waals surface area contributed by atoms with Crippen LogP contribution < -0.4 is 10.5 Å². The normalized spacial score (nSPS) is 10.2. The molecule has 1 aromatic heterocycles. The van der Waals surface area contributed by atoms with Gasteiger partial charge in [-0.2, -0.15) is 4.39 Å². The zero-order valence-corrected chi connectivity index (χ0v) is 9.62. The van der Waals surface area contributed by atoms with Crippen LogP contribution in [0, 0.1) is 5.95 Å². The van der Waals surface area contributed by atoms with E-state index in [1.807, 2.05) is 0 Å². The largest absolute Gasteiger partial charge is 0.487 e. The van der Waals surface area contributed by atoms with E-state index in [2.05, 4.69) is 4.98 Å². The molecule has 0 atom stereocenters. The second-order valence-corrected chi connectivity index (χ2v) is 3.83. The average molecular weight is 253 g/mol. The Bertz CT molecular complexity index is 534. The second-order valence-electron chi connectivity index (χ2n) is 3.42. The van der Waals surface area contributed by atoms with Gasteiger partial charge in [0, 0.05) is 6.07 Å². The van der Waals surface area contributed by atoms with Crippen molar-refractivity contribution in [1.29, 1.82) is 0 Å². The number of anilines is 1. The first-order valence-corrected chi connectivity index (χ1v) is 5.32. The molecular weight excluding hydrogens is 243 g/mol. The maximum Gasteiger partial charge on any atom is 0.213 e. The Hall–Kier alpha value is -1.81. The minimum atomic E-state index is -0.526. The van der Waals surface area contributed by atoms with E-state index < -0.39 is 5.95 Å². The van der Waals surface area contributed by atoms with Crippen LogP contribution in [-0.2, 0) is 6.61 Å². The van der Waals surface area contributed by atoms with Crippen molar-refractivity contribution in [3.8, 4) is 5.75 Å². The maximum absolute atomic E-state index is 12.8. The van der Waals surface area contributed by atoms with Gasteiger partial charge in [-0.15, -0.1) is 0 Å². The third-order valence-corrected chi connectivity index (χ3v) is 2.46. The Morgan fingerprint density at radius 1 is 1.29 bits per heavy atom. The summed E-state index contributed by atoms with van der Waals surface area (Å²) in [7, 11) is 0. The number of ether oxygens (including phenoxy) is 1. The van der Waals surface area contributed by atoms with Crippen LogP contribution in [0.3, 0.4) is 0 Å². The fraction of sp³-hybridized carbons (Fsp3) is 0.0833. The summed E-state index contributed by atoms with van der Waals surface area (Å²) in [5.74, 6) is 0.0386. The summed E-state index contributed by atoms with van der Waals surface area (Å²) in [5.41, 5.74) is 6.57. The first kappa shape index (κ1) is 11.7. The van der Waals surface area contributed by atoms with Crippen molar-refractivity contribution < 1.29 is 9.13 Å². The predicted octanol–water partition coefficient (Wildman–Crippen LogP) is 3.04. The molecule has 0 fully saturated rings. The van der Waals surface area contributed by atoms with Crippen molar-refractivity contribution in [3.63, 3.8) is 0 Å². The molecule has 2 aromatic rings. The molecule has 0 aliphatic rings. The van der Waals surface area contributed by atoms with Gasteiger partial charge >= 0.3 is 0 Å². The number of pyridine rings is 1. The molecule has 0 saturated heterocycles. The minimum absolute atomic E-state index is 0.179. The number of rotatable bonds is 3. The maximum atomic E-state index is 12.8. The number of hydrogen-bond donors (Lipinski definition) is 1. The SMILES string of the molecule is Nc1ccc(OCc2cccc(F)n2)cc1Cl.